The summed E-state index contributed by atoms with van der Waals surface area (Å²) in [7, 11) is 3.72. The lowest BCUT2D eigenvalue weighted by Crippen LogP contribution is -2.53. The highest BCUT2D eigenvalue weighted by atomic mass is 16.5. The Balaban J connectivity index is 1.37. The fourth-order valence-electron chi connectivity index (χ4n) is 5.47. The van der Waals surface area contributed by atoms with E-state index >= 15 is 0 Å². The molecule has 4 aromatic rings. The van der Waals surface area contributed by atoms with Gasteiger partial charge in [0.25, 0.3) is 5.91 Å². The summed E-state index contributed by atoms with van der Waals surface area (Å²) in [5, 5.41) is 1.14. The molecule has 4 heterocycles. The Morgan fingerprint density at radius 3 is 2.69 bits per heavy atom. The van der Waals surface area contributed by atoms with Gasteiger partial charge in [-0.2, -0.15) is 0 Å². The lowest BCUT2D eigenvalue weighted by atomic mass is 10.0. The van der Waals surface area contributed by atoms with Gasteiger partial charge < -0.3 is 24.5 Å². The van der Waals surface area contributed by atoms with Gasteiger partial charge in [0, 0.05) is 56.5 Å². The first-order valence-corrected chi connectivity index (χ1v) is 13.0. The van der Waals surface area contributed by atoms with Crippen LogP contribution in [0.25, 0.3) is 33.6 Å². The molecule has 0 spiro atoms. The number of amides is 1. The molecule has 1 amide bonds. The van der Waals surface area contributed by atoms with Crippen LogP contribution >= 0.6 is 0 Å². The summed E-state index contributed by atoms with van der Waals surface area (Å²) < 4.78 is 9.92. The largest absolute Gasteiger partial charge is 0.380 e. The number of ether oxygens (including phenoxy) is 1. The normalized spacial score (nSPS) is 20.5. The van der Waals surface area contributed by atoms with E-state index in [1.165, 1.54) is 12.8 Å². The molecule has 188 valence electrons. The van der Waals surface area contributed by atoms with Gasteiger partial charge >= 0.3 is 0 Å². The Bertz CT molecular complexity index is 1450. The third kappa shape index (κ3) is 3.98. The summed E-state index contributed by atoms with van der Waals surface area (Å²) in [6.45, 7) is 4.24. The Morgan fingerprint density at radius 1 is 1.14 bits per heavy atom. The van der Waals surface area contributed by atoms with Crippen LogP contribution in [0.1, 0.15) is 42.2 Å². The van der Waals surface area contributed by atoms with Crippen LogP contribution in [0.5, 0.6) is 0 Å². The SMILES string of the molecule is CCc1ccc2cc(-c3nc4cc(C(=O)N5CC[C@H](OC)[C@H](N)C5)ccc4n3C)n(CC3CC3)c2n1. The molecule has 2 N–H and O–H groups in total. The molecule has 1 aliphatic carbocycles. The van der Waals surface area contributed by atoms with Crippen molar-refractivity contribution in [1.29, 1.82) is 0 Å². The number of nitrogens with zero attached hydrogens (tertiary/aromatic N) is 5. The van der Waals surface area contributed by atoms with Crippen LogP contribution < -0.4 is 5.73 Å². The monoisotopic (exact) mass is 486 g/mol. The second-order valence-electron chi connectivity index (χ2n) is 10.3. The van der Waals surface area contributed by atoms with Crippen molar-refractivity contribution in [2.45, 2.75) is 51.3 Å². The topological polar surface area (TPSA) is 91.2 Å². The maximum atomic E-state index is 13.3. The number of pyridine rings is 1. The number of carbonyl (C=O) groups is 1. The van der Waals surface area contributed by atoms with Gasteiger partial charge in [0.2, 0.25) is 0 Å². The third-order valence-corrected chi connectivity index (χ3v) is 7.84. The zero-order valence-electron chi connectivity index (χ0n) is 21.3. The number of imidazole rings is 1. The van der Waals surface area contributed by atoms with Crippen LogP contribution in [-0.2, 0) is 24.8 Å². The van der Waals surface area contributed by atoms with Crippen molar-refractivity contribution in [1.82, 2.24) is 24.0 Å². The number of carbonyl (C=O) groups excluding carboxylic acids is 1. The number of piperidine rings is 1. The number of aryl methyl sites for hydroxylation is 2. The molecule has 8 heteroatoms. The molecule has 0 radical (unpaired) electrons. The van der Waals surface area contributed by atoms with Crippen molar-refractivity contribution in [3.05, 3.63) is 47.7 Å². The van der Waals surface area contributed by atoms with Gasteiger partial charge in [0.1, 0.15) is 5.65 Å². The number of likely N-dealkylation sites (tertiary alicyclic amines) is 1. The van der Waals surface area contributed by atoms with E-state index < -0.39 is 0 Å². The van der Waals surface area contributed by atoms with Crippen LogP contribution in [0.2, 0.25) is 0 Å². The third-order valence-electron chi connectivity index (χ3n) is 7.84. The number of hydrogen-bond donors (Lipinski definition) is 1. The van der Waals surface area contributed by atoms with Gasteiger partial charge in [0.05, 0.1) is 22.8 Å². The summed E-state index contributed by atoms with van der Waals surface area (Å²) in [6.07, 6.45) is 4.20. The molecule has 1 aromatic carbocycles. The van der Waals surface area contributed by atoms with E-state index in [2.05, 4.69) is 34.3 Å². The molecule has 2 fully saturated rings. The second kappa shape index (κ2) is 9.01. The predicted molar refractivity (Wildman–Crippen MR) is 141 cm³/mol. The first-order chi connectivity index (χ1) is 17.5. The molecule has 1 aliphatic heterocycles. The van der Waals surface area contributed by atoms with Gasteiger partial charge in [0.15, 0.2) is 5.82 Å². The van der Waals surface area contributed by atoms with Crippen LogP contribution in [0, 0.1) is 5.92 Å². The maximum absolute atomic E-state index is 13.3. The highest BCUT2D eigenvalue weighted by Gasteiger charge is 2.30. The Kier molecular flexibility index (Phi) is 5.80. The van der Waals surface area contributed by atoms with E-state index in [1.54, 1.807) is 7.11 Å². The van der Waals surface area contributed by atoms with Crippen molar-refractivity contribution in [3.63, 3.8) is 0 Å². The van der Waals surface area contributed by atoms with Gasteiger partial charge in [-0.05, 0) is 68.0 Å². The minimum Gasteiger partial charge on any atom is -0.380 e. The molecule has 3 aromatic heterocycles. The van der Waals surface area contributed by atoms with E-state index in [1.807, 2.05) is 30.1 Å². The number of methoxy groups -OCH3 is 1. The van der Waals surface area contributed by atoms with Gasteiger partial charge in [-0.15, -0.1) is 0 Å². The molecule has 1 saturated heterocycles. The molecule has 8 nitrogen and oxygen atoms in total. The van der Waals surface area contributed by atoms with Gasteiger partial charge in [-0.25, -0.2) is 9.97 Å². The molecular formula is C28H34N6O2. The summed E-state index contributed by atoms with van der Waals surface area (Å²) in [5.74, 6) is 1.60. The first-order valence-electron chi connectivity index (χ1n) is 13.0. The molecule has 2 aliphatic rings. The zero-order valence-corrected chi connectivity index (χ0v) is 21.3. The number of benzene rings is 1. The van der Waals surface area contributed by atoms with Crippen LogP contribution in [-0.4, -0.2) is 62.3 Å². The van der Waals surface area contributed by atoms with E-state index in [0.29, 0.717) is 24.6 Å². The van der Waals surface area contributed by atoms with E-state index in [0.717, 1.165) is 58.7 Å². The lowest BCUT2D eigenvalue weighted by molar-refractivity contribution is 0.0227. The standard InChI is InChI=1S/C28H34N6O2/c1-4-20-9-7-18-14-24(34(26(18)30-20)15-17-5-6-17)27-31-22-13-19(8-10-23(22)32(27)2)28(35)33-12-11-25(36-3)21(29)16-33/h7-10,13-14,17,21,25H,4-6,11-12,15-16,29H2,1-3H3/t21-,25+/m1/s1. The number of rotatable bonds is 6. The molecule has 6 rings (SSSR count). The highest BCUT2D eigenvalue weighted by molar-refractivity contribution is 5.98. The predicted octanol–water partition coefficient (Wildman–Crippen LogP) is 3.75. The fraction of sp³-hybridized carbons (Fsp3) is 0.464. The molecule has 0 unspecified atom stereocenters. The minimum absolute atomic E-state index is 0.000155. The average Bonchev–Trinajstić information content (AvgIpc) is 3.57. The van der Waals surface area contributed by atoms with Crippen LogP contribution in [0.3, 0.4) is 0 Å². The molecule has 1 saturated carbocycles. The molecular weight excluding hydrogens is 452 g/mol. The number of aromatic nitrogens is 4. The van der Waals surface area contributed by atoms with Crippen molar-refractivity contribution in [2.75, 3.05) is 20.2 Å². The summed E-state index contributed by atoms with van der Waals surface area (Å²) in [5.41, 5.74) is 11.9. The average molecular weight is 487 g/mol. The quantitative estimate of drug-likeness (QED) is 0.448. The van der Waals surface area contributed by atoms with Gasteiger partial charge in [-0.3, -0.25) is 4.79 Å². The van der Waals surface area contributed by atoms with Crippen LogP contribution in [0.15, 0.2) is 36.4 Å². The summed E-state index contributed by atoms with van der Waals surface area (Å²) in [6, 6.07) is 12.1. The molecule has 2 atom stereocenters. The van der Waals surface area contributed by atoms with Crippen LogP contribution in [0.4, 0.5) is 0 Å². The molecule has 0 bridgehead atoms. The minimum atomic E-state index is -0.173. The first kappa shape index (κ1) is 23.2. The van der Waals surface area contributed by atoms with Gasteiger partial charge in [-0.1, -0.05) is 6.92 Å². The van der Waals surface area contributed by atoms with Crippen molar-refractivity contribution in [3.8, 4) is 11.5 Å². The second-order valence-corrected chi connectivity index (χ2v) is 10.3. The molecule has 36 heavy (non-hydrogen) atoms. The van der Waals surface area contributed by atoms with Crippen molar-refractivity contribution in [2.24, 2.45) is 18.7 Å². The number of hydrogen-bond acceptors (Lipinski definition) is 5. The van der Waals surface area contributed by atoms with Crippen molar-refractivity contribution >= 4 is 28.0 Å². The van der Waals surface area contributed by atoms with E-state index in [9.17, 15) is 4.79 Å². The summed E-state index contributed by atoms with van der Waals surface area (Å²) >= 11 is 0. The highest BCUT2D eigenvalue weighted by Crippen LogP contribution is 2.36. The van der Waals surface area contributed by atoms with E-state index in [4.69, 9.17) is 20.4 Å². The Hall–Kier alpha value is -3.23. The Labute approximate surface area is 211 Å². The van der Waals surface area contributed by atoms with E-state index in [-0.39, 0.29) is 18.1 Å². The zero-order chi connectivity index (χ0) is 25.0. The lowest BCUT2D eigenvalue weighted by Gasteiger charge is -2.35. The van der Waals surface area contributed by atoms with Crippen molar-refractivity contribution < 1.29 is 9.53 Å². The Morgan fingerprint density at radius 2 is 1.97 bits per heavy atom. The fourth-order valence-corrected chi connectivity index (χ4v) is 5.47. The number of fused-ring (bicyclic) bond motifs is 2. The number of nitrogens with two attached hydrogens (primary N) is 1. The summed E-state index contributed by atoms with van der Waals surface area (Å²) in [4.78, 5) is 25.1. The smallest absolute Gasteiger partial charge is 0.253 e. The maximum Gasteiger partial charge on any atom is 0.253 e.